The van der Waals surface area contributed by atoms with E-state index >= 15 is 0 Å². The van der Waals surface area contributed by atoms with Crippen LogP contribution in [0.4, 0.5) is 11.5 Å². The zero-order valence-corrected chi connectivity index (χ0v) is 11.6. The first-order valence-electron chi connectivity index (χ1n) is 6.84. The van der Waals surface area contributed by atoms with Crippen molar-refractivity contribution in [1.82, 2.24) is 9.88 Å². The molecule has 1 aromatic rings. The maximum atomic E-state index is 8.83. The number of nitrogens with zero attached hydrogens (tertiary/aromatic N) is 4. The number of aromatic nitrogens is 1. The van der Waals surface area contributed by atoms with E-state index in [2.05, 4.69) is 34.7 Å². The van der Waals surface area contributed by atoms with Gasteiger partial charge in [0.1, 0.15) is 6.07 Å². The van der Waals surface area contributed by atoms with Crippen molar-refractivity contribution in [1.29, 1.82) is 5.26 Å². The number of nitriles is 1. The molecule has 1 aromatic heterocycles. The van der Waals surface area contributed by atoms with Gasteiger partial charge in [-0.25, -0.2) is 4.98 Å². The van der Waals surface area contributed by atoms with E-state index in [9.17, 15) is 0 Å². The summed E-state index contributed by atoms with van der Waals surface area (Å²) in [6.45, 7) is 8.48. The lowest BCUT2D eigenvalue weighted by atomic mass is 10.2. The highest BCUT2D eigenvalue weighted by molar-refractivity contribution is 5.65. The summed E-state index contributed by atoms with van der Waals surface area (Å²) in [5.41, 5.74) is 7.11. The number of likely N-dealkylation sites (N-methyl/N-ethyl adjacent to an activating group) is 1. The third kappa shape index (κ3) is 2.79. The second-order valence-electron chi connectivity index (χ2n) is 4.86. The Kier molecular flexibility index (Phi) is 4.23. The molecule has 1 fully saturated rings. The molecule has 0 spiro atoms. The quantitative estimate of drug-likeness (QED) is 0.886. The number of anilines is 2. The van der Waals surface area contributed by atoms with Crippen molar-refractivity contribution in [2.75, 3.05) is 36.8 Å². The molecule has 2 N–H and O–H groups in total. The maximum absolute atomic E-state index is 8.83. The maximum Gasteiger partial charge on any atom is 0.151 e. The molecule has 0 amide bonds. The van der Waals surface area contributed by atoms with E-state index in [0.717, 1.165) is 38.4 Å². The molecule has 19 heavy (non-hydrogen) atoms. The molecule has 0 aromatic carbocycles. The largest absolute Gasteiger partial charge is 0.396 e. The first kappa shape index (κ1) is 13.6. The van der Waals surface area contributed by atoms with Gasteiger partial charge in [-0.2, -0.15) is 5.26 Å². The van der Waals surface area contributed by atoms with E-state index in [1.165, 1.54) is 0 Å². The average Bonchev–Trinajstić information content (AvgIpc) is 2.89. The van der Waals surface area contributed by atoms with Gasteiger partial charge in [0, 0.05) is 25.3 Å². The van der Waals surface area contributed by atoms with Gasteiger partial charge in [-0.3, -0.25) is 4.90 Å². The number of pyridine rings is 1. The van der Waals surface area contributed by atoms with Crippen LogP contribution in [0.15, 0.2) is 12.3 Å². The highest BCUT2D eigenvalue weighted by Gasteiger charge is 2.27. The molecule has 1 aliphatic rings. The molecule has 1 unspecified atom stereocenters. The highest BCUT2D eigenvalue weighted by Crippen LogP contribution is 2.26. The topological polar surface area (TPSA) is 69.2 Å². The fraction of sp³-hybridized carbons (Fsp3) is 0.571. The van der Waals surface area contributed by atoms with Crippen LogP contribution in [0.5, 0.6) is 0 Å². The van der Waals surface area contributed by atoms with E-state index in [4.69, 9.17) is 11.0 Å². The monoisotopic (exact) mass is 259 g/mol. The Labute approximate surface area is 114 Å². The van der Waals surface area contributed by atoms with Crippen LogP contribution in [0, 0.1) is 11.3 Å². The van der Waals surface area contributed by atoms with E-state index in [1.807, 2.05) is 0 Å². The van der Waals surface area contributed by atoms with Crippen LogP contribution >= 0.6 is 0 Å². The van der Waals surface area contributed by atoms with Gasteiger partial charge in [0.15, 0.2) is 5.82 Å². The molecule has 0 bridgehead atoms. The molecule has 1 aliphatic heterocycles. The second kappa shape index (κ2) is 5.89. The van der Waals surface area contributed by atoms with Crippen LogP contribution in [0.1, 0.15) is 25.8 Å². The van der Waals surface area contributed by atoms with Crippen molar-refractivity contribution in [3.8, 4) is 6.07 Å². The standard InChI is InChI=1S/C14H21N5/c1-3-18(4-2)12-5-6-19(10-12)14-13(16)7-11(8-15)9-17-14/h7,9,12H,3-6,10,16H2,1-2H3. The Bertz CT molecular complexity index is 475. The predicted octanol–water partition coefficient (Wildman–Crippen LogP) is 1.46. The van der Waals surface area contributed by atoms with Gasteiger partial charge in [-0.05, 0) is 25.6 Å². The van der Waals surface area contributed by atoms with E-state index in [1.54, 1.807) is 12.3 Å². The number of hydrogen-bond donors (Lipinski definition) is 1. The summed E-state index contributed by atoms with van der Waals surface area (Å²) >= 11 is 0. The van der Waals surface area contributed by atoms with Gasteiger partial charge in [0.2, 0.25) is 0 Å². The van der Waals surface area contributed by atoms with Crippen LogP contribution in [0.2, 0.25) is 0 Å². The minimum Gasteiger partial charge on any atom is -0.396 e. The van der Waals surface area contributed by atoms with Gasteiger partial charge < -0.3 is 10.6 Å². The van der Waals surface area contributed by atoms with E-state index in [0.29, 0.717) is 17.3 Å². The van der Waals surface area contributed by atoms with Gasteiger partial charge in [0.05, 0.1) is 11.3 Å². The Morgan fingerprint density at radius 3 is 2.84 bits per heavy atom. The fourth-order valence-electron chi connectivity index (χ4n) is 2.77. The molecular formula is C14H21N5. The third-order valence-electron chi connectivity index (χ3n) is 3.82. The van der Waals surface area contributed by atoms with Gasteiger partial charge in [0.25, 0.3) is 0 Å². The molecule has 0 radical (unpaired) electrons. The van der Waals surface area contributed by atoms with Crippen molar-refractivity contribution >= 4 is 11.5 Å². The number of nitrogen functional groups attached to an aromatic ring is 1. The lowest BCUT2D eigenvalue weighted by Gasteiger charge is -2.26. The summed E-state index contributed by atoms with van der Waals surface area (Å²) in [5.74, 6) is 0.814. The number of rotatable bonds is 4. The number of hydrogen-bond acceptors (Lipinski definition) is 5. The van der Waals surface area contributed by atoms with Crippen molar-refractivity contribution in [3.05, 3.63) is 17.8 Å². The lowest BCUT2D eigenvalue weighted by Crippen LogP contribution is -2.37. The molecule has 102 valence electrons. The summed E-state index contributed by atoms with van der Waals surface area (Å²) in [5, 5.41) is 8.83. The van der Waals surface area contributed by atoms with Crippen LogP contribution < -0.4 is 10.6 Å². The minimum absolute atomic E-state index is 0.515. The SMILES string of the molecule is CCN(CC)C1CCN(c2ncc(C#N)cc2N)C1. The summed E-state index contributed by atoms with van der Waals surface area (Å²) in [6, 6.07) is 4.34. The third-order valence-corrected chi connectivity index (χ3v) is 3.82. The zero-order valence-electron chi connectivity index (χ0n) is 11.6. The molecule has 5 nitrogen and oxygen atoms in total. The summed E-state index contributed by atoms with van der Waals surface area (Å²) in [7, 11) is 0. The highest BCUT2D eigenvalue weighted by atomic mass is 15.3. The minimum atomic E-state index is 0.515. The van der Waals surface area contributed by atoms with Crippen molar-refractivity contribution in [2.45, 2.75) is 26.3 Å². The first-order valence-corrected chi connectivity index (χ1v) is 6.84. The lowest BCUT2D eigenvalue weighted by molar-refractivity contribution is 0.232. The van der Waals surface area contributed by atoms with Gasteiger partial charge in [-0.15, -0.1) is 0 Å². The zero-order chi connectivity index (χ0) is 13.8. The summed E-state index contributed by atoms with van der Waals surface area (Å²) in [6.07, 6.45) is 2.74. The van der Waals surface area contributed by atoms with Crippen LogP contribution in [0.3, 0.4) is 0 Å². The normalized spacial score (nSPS) is 18.8. The fourth-order valence-corrected chi connectivity index (χ4v) is 2.77. The van der Waals surface area contributed by atoms with Crippen LogP contribution in [-0.2, 0) is 0 Å². The van der Waals surface area contributed by atoms with E-state index < -0.39 is 0 Å². The Morgan fingerprint density at radius 1 is 1.53 bits per heavy atom. The second-order valence-corrected chi connectivity index (χ2v) is 4.86. The summed E-state index contributed by atoms with van der Waals surface area (Å²) < 4.78 is 0. The predicted molar refractivity (Wildman–Crippen MR) is 76.9 cm³/mol. The molecule has 0 aliphatic carbocycles. The average molecular weight is 259 g/mol. The van der Waals surface area contributed by atoms with Crippen molar-refractivity contribution < 1.29 is 0 Å². The molecule has 2 rings (SSSR count). The van der Waals surface area contributed by atoms with Gasteiger partial charge in [-0.1, -0.05) is 13.8 Å². The van der Waals surface area contributed by atoms with Gasteiger partial charge >= 0.3 is 0 Å². The molecule has 0 saturated carbocycles. The summed E-state index contributed by atoms with van der Waals surface area (Å²) in [4.78, 5) is 9.03. The van der Waals surface area contributed by atoms with Crippen LogP contribution in [0.25, 0.3) is 0 Å². The number of nitrogens with two attached hydrogens (primary N) is 1. The Hall–Kier alpha value is -1.80. The van der Waals surface area contributed by atoms with Crippen molar-refractivity contribution in [2.24, 2.45) is 0 Å². The van der Waals surface area contributed by atoms with E-state index in [-0.39, 0.29) is 0 Å². The molecule has 5 heteroatoms. The molecule has 1 saturated heterocycles. The molecule has 1 atom stereocenters. The van der Waals surface area contributed by atoms with Crippen molar-refractivity contribution in [3.63, 3.8) is 0 Å². The van der Waals surface area contributed by atoms with Crippen LogP contribution in [-0.4, -0.2) is 42.1 Å². The first-order chi connectivity index (χ1) is 9.19. The Balaban J connectivity index is 2.11. The molecule has 2 heterocycles. The molecular weight excluding hydrogens is 238 g/mol. The Morgan fingerprint density at radius 2 is 2.26 bits per heavy atom. The smallest absolute Gasteiger partial charge is 0.151 e.